The van der Waals surface area contributed by atoms with Gasteiger partial charge in [0.05, 0.1) is 31.1 Å². The van der Waals surface area contributed by atoms with E-state index in [-0.39, 0.29) is 5.84 Å². The molecule has 0 aliphatic heterocycles. The van der Waals surface area contributed by atoms with E-state index in [0.717, 1.165) is 21.9 Å². The molecule has 0 atom stereocenters. The summed E-state index contributed by atoms with van der Waals surface area (Å²) in [4.78, 5) is 7.65. The highest BCUT2D eigenvalue weighted by Gasteiger charge is 2.10. The molecule has 0 spiro atoms. The fourth-order valence-electron chi connectivity index (χ4n) is 1.64. The Labute approximate surface area is 115 Å². The van der Waals surface area contributed by atoms with Gasteiger partial charge < -0.3 is 20.2 Å². The Morgan fingerprint density at radius 3 is 2.68 bits per heavy atom. The number of hydrogen-bond donors (Lipinski definition) is 3. The van der Waals surface area contributed by atoms with Crippen molar-refractivity contribution in [2.24, 2.45) is 5.73 Å². The Kier molecular flexibility index (Phi) is 4.16. The lowest BCUT2D eigenvalue weighted by molar-refractivity contribution is 0.356. The van der Waals surface area contributed by atoms with E-state index in [9.17, 15) is 0 Å². The molecule has 0 saturated heterocycles. The number of thioether (sulfide) groups is 1. The van der Waals surface area contributed by atoms with E-state index >= 15 is 0 Å². The Morgan fingerprint density at radius 1 is 1.37 bits per heavy atom. The third-order valence-corrected chi connectivity index (χ3v) is 3.45. The smallest absolute Gasteiger partial charge is 0.166 e. The van der Waals surface area contributed by atoms with E-state index in [1.165, 1.54) is 11.8 Å². The average molecular weight is 280 g/mol. The minimum absolute atomic E-state index is 0.187. The van der Waals surface area contributed by atoms with Crippen molar-refractivity contribution >= 4 is 28.6 Å². The van der Waals surface area contributed by atoms with Gasteiger partial charge in [-0.15, -0.1) is 0 Å². The first-order chi connectivity index (χ1) is 9.13. The molecule has 2 aromatic rings. The Bertz CT molecular complexity index is 556. The van der Waals surface area contributed by atoms with E-state index in [1.54, 1.807) is 14.2 Å². The van der Waals surface area contributed by atoms with Crippen LogP contribution in [0.2, 0.25) is 0 Å². The zero-order valence-electron chi connectivity index (χ0n) is 10.8. The maximum absolute atomic E-state index is 7.17. The first-order valence-electron chi connectivity index (χ1n) is 5.71. The second kappa shape index (κ2) is 5.83. The van der Waals surface area contributed by atoms with Crippen LogP contribution in [-0.2, 0) is 0 Å². The normalized spacial score (nSPS) is 10.6. The maximum atomic E-state index is 7.17. The second-order valence-electron chi connectivity index (χ2n) is 3.89. The summed E-state index contributed by atoms with van der Waals surface area (Å²) in [6, 6.07) is 3.69. The van der Waals surface area contributed by atoms with Gasteiger partial charge in [-0.3, -0.25) is 5.41 Å². The molecule has 4 N–H and O–H groups in total. The molecular formula is C12H16N4O2S. The third-order valence-electron chi connectivity index (χ3n) is 2.58. The van der Waals surface area contributed by atoms with Gasteiger partial charge in [0, 0.05) is 24.3 Å². The summed E-state index contributed by atoms with van der Waals surface area (Å²) in [5, 5.41) is 7.97. The van der Waals surface area contributed by atoms with Crippen molar-refractivity contribution in [1.29, 1.82) is 5.41 Å². The zero-order valence-corrected chi connectivity index (χ0v) is 11.6. The maximum Gasteiger partial charge on any atom is 0.166 e. The van der Waals surface area contributed by atoms with Crippen molar-refractivity contribution in [2.75, 3.05) is 20.0 Å². The molecule has 0 aliphatic rings. The molecule has 2 rings (SSSR count). The SMILES string of the molecule is COc1cc2nc(SCCC(=N)N)[nH]c2cc1OC. The fraction of sp³-hybridized carbons (Fsp3) is 0.333. The molecule has 0 radical (unpaired) electrons. The summed E-state index contributed by atoms with van der Waals surface area (Å²) in [6.45, 7) is 0. The number of hydrogen-bond acceptors (Lipinski definition) is 5. The molecule has 0 aliphatic carbocycles. The van der Waals surface area contributed by atoms with Gasteiger partial charge in [0.1, 0.15) is 0 Å². The highest BCUT2D eigenvalue weighted by Crippen LogP contribution is 2.32. The number of nitrogens with zero attached hydrogens (tertiary/aromatic N) is 1. The summed E-state index contributed by atoms with van der Waals surface area (Å²) in [5.74, 6) is 2.23. The molecule has 19 heavy (non-hydrogen) atoms. The molecule has 102 valence electrons. The number of benzene rings is 1. The zero-order chi connectivity index (χ0) is 13.8. The van der Waals surface area contributed by atoms with Crippen LogP contribution < -0.4 is 15.2 Å². The number of ether oxygens (including phenoxy) is 2. The van der Waals surface area contributed by atoms with Crippen LogP contribution in [0.3, 0.4) is 0 Å². The van der Waals surface area contributed by atoms with Gasteiger partial charge >= 0.3 is 0 Å². The fourth-order valence-corrected chi connectivity index (χ4v) is 2.50. The molecule has 1 heterocycles. The number of fused-ring (bicyclic) bond motifs is 1. The molecule has 0 amide bonds. The summed E-state index contributed by atoms with van der Waals surface area (Å²) in [5.41, 5.74) is 7.03. The molecule has 6 nitrogen and oxygen atoms in total. The van der Waals surface area contributed by atoms with Crippen molar-refractivity contribution in [3.63, 3.8) is 0 Å². The van der Waals surface area contributed by atoms with Gasteiger partial charge in [-0.2, -0.15) is 0 Å². The lowest BCUT2D eigenvalue weighted by atomic mass is 10.3. The number of H-pyrrole nitrogens is 1. The van der Waals surface area contributed by atoms with Crippen molar-refractivity contribution in [2.45, 2.75) is 11.6 Å². The molecular weight excluding hydrogens is 264 g/mol. The van der Waals surface area contributed by atoms with Crippen molar-refractivity contribution in [1.82, 2.24) is 9.97 Å². The van der Waals surface area contributed by atoms with Gasteiger partial charge in [-0.25, -0.2) is 4.98 Å². The van der Waals surface area contributed by atoms with Crippen molar-refractivity contribution in [3.05, 3.63) is 12.1 Å². The molecule has 7 heteroatoms. The topological polar surface area (TPSA) is 97.0 Å². The van der Waals surface area contributed by atoms with Crippen molar-refractivity contribution < 1.29 is 9.47 Å². The lowest BCUT2D eigenvalue weighted by Crippen LogP contribution is -2.09. The van der Waals surface area contributed by atoms with Crippen LogP contribution in [0.5, 0.6) is 11.5 Å². The van der Waals surface area contributed by atoms with Crippen LogP contribution in [0.25, 0.3) is 11.0 Å². The Morgan fingerprint density at radius 2 is 2.05 bits per heavy atom. The van der Waals surface area contributed by atoms with Crippen LogP contribution in [0, 0.1) is 5.41 Å². The highest BCUT2D eigenvalue weighted by molar-refractivity contribution is 7.99. The number of imidazole rings is 1. The first kappa shape index (κ1) is 13.5. The molecule has 0 fully saturated rings. The van der Waals surface area contributed by atoms with Crippen LogP contribution in [0.1, 0.15) is 6.42 Å². The predicted octanol–water partition coefficient (Wildman–Crippen LogP) is 2.00. The number of aromatic nitrogens is 2. The van der Waals surface area contributed by atoms with Crippen molar-refractivity contribution in [3.8, 4) is 11.5 Å². The van der Waals surface area contributed by atoms with E-state index in [1.807, 2.05) is 12.1 Å². The Balaban J connectivity index is 2.22. The van der Waals surface area contributed by atoms with E-state index in [4.69, 9.17) is 20.6 Å². The summed E-state index contributed by atoms with van der Waals surface area (Å²) >= 11 is 1.53. The number of aromatic amines is 1. The molecule has 0 unspecified atom stereocenters. The minimum atomic E-state index is 0.187. The van der Waals surface area contributed by atoms with Gasteiger partial charge in [-0.1, -0.05) is 11.8 Å². The van der Waals surface area contributed by atoms with E-state index in [2.05, 4.69) is 9.97 Å². The first-order valence-corrected chi connectivity index (χ1v) is 6.70. The largest absolute Gasteiger partial charge is 0.493 e. The van der Waals surface area contributed by atoms with Gasteiger partial charge in [0.15, 0.2) is 16.7 Å². The van der Waals surface area contributed by atoms with Crippen LogP contribution in [-0.4, -0.2) is 35.8 Å². The summed E-state index contributed by atoms with van der Waals surface area (Å²) in [7, 11) is 3.20. The quantitative estimate of drug-likeness (QED) is 0.427. The molecule has 1 aromatic heterocycles. The average Bonchev–Trinajstić information content (AvgIpc) is 2.77. The van der Waals surface area contributed by atoms with Crippen LogP contribution >= 0.6 is 11.8 Å². The monoisotopic (exact) mass is 280 g/mol. The third kappa shape index (κ3) is 3.11. The highest BCUT2D eigenvalue weighted by atomic mass is 32.2. The standard InChI is InChI=1S/C12H16N4O2S/c1-17-9-5-7-8(6-10(9)18-2)16-12(15-7)19-4-3-11(13)14/h5-6H,3-4H2,1-2H3,(H3,13,14)(H,15,16). The van der Waals surface area contributed by atoms with E-state index in [0.29, 0.717) is 17.9 Å². The van der Waals surface area contributed by atoms with Gasteiger partial charge in [0.2, 0.25) is 0 Å². The van der Waals surface area contributed by atoms with Crippen LogP contribution in [0.15, 0.2) is 17.3 Å². The number of rotatable bonds is 6. The van der Waals surface area contributed by atoms with E-state index < -0.39 is 0 Å². The van der Waals surface area contributed by atoms with Gasteiger partial charge in [0.25, 0.3) is 0 Å². The number of amidine groups is 1. The number of nitrogens with two attached hydrogens (primary N) is 1. The second-order valence-corrected chi connectivity index (χ2v) is 4.97. The van der Waals surface area contributed by atoms with Crippen LogP contribution in [0.4, 0.5) is 0 Å². The molecule has 0 bridgehead atoms. The predicted molar refractivity (Wildman–Crippen MR) is 76.5 cm³/mol. The molecule has 1 aromatic carbocycles. The number of methoxy groups -OCH3 is 2. The Hall–Kier alpha value is -1.89. The molecule has 0 saturated carbocycles. The van der Waals surface area contributed by atoms with Gasteiger partial charge in [-0.05, 0) is 0 Å². The summed E-state index contributed by atoms with van der Waals surface area (Å²) in [6.07, 6.45) is 0.550. The summed E-state index contributed by atoms with van der Waals surface area (Å²) < 4.78 is 10.5. The number of nitrogens with one attached hydrogen (secondary N) is 2. The lowest BCUT2D eigenvalue weighted by Gasteiger charge is -2.06. The minimum Gasteiger partial charge on any atom is -0.493 e.